The summed E-state index contributed by atoms with van der Waals surface area (Å²) in [4.78, 5) is 15.3. The predicted molar refractivity (Wildman–Crippen MR) is 122 cm³/mol. The SMILES string of the molecule is Cc1ccc2c(c1)[C@@](C)(c1ccccc1)CC(C)(C)N2C(=O)COc1ccccc1. The van der Waals surface area contributed by atoms with Crippen molar-refractivity contribution in [3.05, 3.63) is 95.6 Å². The number of carbonyl (C=O) groups excluding carboxylic acids is 1. The molecule has 3 aromatic carbocycles. The van der Waals surface area contributed by atoms with E-state index in [1.807, 2.05) is 35.2 Å². The third-order valence-electron chi connectivity index (χ3n) is 6.14. The largest absolute Gasteiger partial charge is 0.484 e. The molecule has 3 aromatic rings. The highest BCUT2D eigenvalue weighted by Crippen LogP contribution is 2.50. The van der Waals surface area contributed by atoms with E-state index in [4.69, 9.17) is 4.74 Å². The number of hydrogen-bond donors (Lipinski definition) is 0. The fraction of sp³-hybridized carbons (Fsp3) is 0.296. The number of benzene rings is 3. The fourth-order valence-corrected chi connectivity index (χ4v) is 4.91. The Balaban J connectivity index is 1.75. The fourth-order valence-electron chi connectivity index (χ4n) is 4.91. The van der Waals surface area contributed by atoms with Crippen LogP contribution >= 0.6 is 0 Å². The zero-order valence-electron chi connectivity index (χ0n) is 18.2. The first kappa shape index (κ1) is 20.2. The molecule has 0 radical (unpaired) electrons. The molecule has 30 heavy (non-hydrogen) atoms. The molecule has 0 fully saturated rings. The van der Waals surface area contributed by atoms with Gasteiger partial charge in [-0.05, 0) is 56.5 Å². The Morgan fingerprint density at radius 2 is 1.57 bits per heavy atom. The van der Waals surface area contributed by atoms with Crippen LogP contribution in [0.3, 0.4) is 0 Å². The molecule has 1 aliphatic rings. The van der Waals surface area contributed by atoms with Gasteiger partial charge in [-0.2, -0.15) is 0 Å². The van der Waals surface area contributed by atoms with E-state index in [1.165, 1.54) is 16.7 Å². The third kappa shape index (κ3) is 3.60. The molecule has 1 atom stereocenters. The number of rotatable bonds is 4. The Hall–Kier alpha value is -3.07. The second kappa shape index (κ2) is 7.64. The summed E-state index contributed by atoms with van der Waals surface area (Å²) in [5.41, 5.74) is 4.11. The maximum atomic E-state index is 13.4. The molecule has 3 nitrogen and oxygen atoms in total. The van der Waals surface area contributed by atoms with Crippen LogP contribution in [-0.4, -0.2) is 18.1 Å². The highest BCUT2D eigenvalue weighted by molar-refractivity contribution is 5.97. The number of fused-ring (bicyclic) bond motifs is 1. The van der Waals surface area contributed by atoms with E-state index in [0.29, 0.717) is 5.75 Å². The van der Waals surface area contributed by atoms with Crippen molar-refractivity contribution in [1.82, 2.24) is 0 Å². The molecular weight excluding hydrogens is 370 g/mol. The van der Waals surface area contributed by atoms with Crippen molar-refractivity contribution in [3.8, 4) is 5.75 Å². The standard InChI is InChI=1S/C27H29NO2/c1-20-15-16-24-23(17-20)27(4,21-11-7-5-8-12-21)19-26(2,3)28(24)25(29)18-30-22-13-9-6-10-14-22/h5-17H,18-19H2,1-4H3/t27-/m1/s1. The molecule has 1 heterocycles. The molecule has 0 aliphatic carbocycles. The van der Waals surface area contributed by atoms with Gasteiger partial charge in [0, 0.05) is 16.6 Å². The summed E-state index contributed by atoms with van der Waals surface area (Å²) in [7, 11) is 0. The minimum absolute atomic E-state index is 0.0167. The lowest BCUT2D eigenvalue weighted by Crippen LogP contribution is -2.57. The molecule has 0 aromatic heterocycles. The lowest BCUT2D eigenvalue weighted by Gasteiger charge is -2.51. The Morgan fingerprint density at radius 3 is 2.23 bits per heavy atom. The van der Waals surface area contributed by atoms with E-state index in [0.717, 1.165) is 12.1 Å². The van der Waals surface area contributed by atoms with Gasteiger partial charge in [-0.25, -0.2) is 0 Å². The van der Waals surface area contributed by atoms with Gasteiger partial charge in [-0.1, -0.05) is 73.2 Å². The molecule has 4 rings (SSSR count). The highest BCUT2D eigenvalue weighted by atomic mass is 16.5. The Morgan fingerprint density at radius 1 is 0.933 bits per heavy atom. The highest BCUT2D eigenvalue weighted by Gasteiger charge is 2.47. The first-order valence-corrected chi connectivity index (χ1v) is 10.5. The summed E-state index contributed by atoms with van der Waals surface area (Å²) in [6, 6.07) is 26.5. The monoisotopic (exact) mass is 399 g/mol. The van der Waals surface area contributed by atoms with E-state index in [1.54, 1.807) is 0 Å². The lowest BCUT2D eigenvalue weighted by molar-refractivity contribution is -0.121. The molecular formula is C27H29NO2. The normalized spacial score (nSPS) is 19.8. The first-order chi connectivity index (χ1) is 14.3. The van der Waals surface area contributed by atoms with Crippen molar-refractivity contribution in [2.24, 2.45) is 0 Å². The number of nitrogens with zero attached hydrogens (tertiary/aromatic N) is 1. The average molecular weight is 400 g/mol. The van der Waals surface area contributed by atoms with Crippen LogP contribution < -0.4 is 9.64 Å². The first-order valence-electron chi connectivity index (χ1n) is 10.5. The molecule has 3 heteroatoms. The smallest absolute Gasteiger partial charge is 0.265 e. The molecule has 0 unspecified atom stereocenters. The number of carbonyl (C=O) groups is 1. The van der Waals surface area contributed by atoms with Gasteiger partial charge in [0.2, 0.25) is 0 Å². The van der Waals surface area contributed by atoms with Gasteiger partial charge in [0.15, 0.2) is 6.61 Å². The van der Waals surface area contributed by atoms with Crippen LogP contribution in [0, 0.1) is 6.92 Å². The van der Waals surface area contributed by atoms with E-state index >= 15 is 0 Å². The summed E-state index contributed by atoms with van der Waals surface area (Å²) in [5.74, 6) is 0.683. The Bertz CT molecular complexity index is 1040. The van der Waals surface area contributed by atoms with E-state index < -0.39 is 0 Å². The van der Waals surface area contributed by atoms with Gasteiger partial charge in [0.1, 0.15) is 5.75 Å². The average Bonchev–Trinajstić information content (AvgIpc) is 2.73. The Labute approximate surface area is 179 Å². The quantitative estimate of drug-likeness (QED) is 0.547. The topological polar surface area (TPSA) is 29.5 Å². The maximum Gasteiger partial charge on any atom is 0.265 e. The van der Waals surface area contributed by atoms with Crippen molar-refractivity contribution in [2.45, 2.75) is 45.1 Å². The third-order valence-corrected chi connectivity index (χ3v) is 6.14. The molecule has 1 amide bonds. The number of ether oxygens (including phenoxy) is 1. The lowest BCUT2D eigenvalue weighted by atomic mass is 9.65. The predicted octanol–water partition coefficient (Wildman–Crippen LogP) is 5.90. The van der Waals surface area contributed by atoms with Crippen LogP contribution in [0.2, 0.25) is 0 Å². The number of aryl methyl sites for hydroxylation is 1. The molecule has 0 saturated carbocycles. The molecule has 0 saturated heterocycles. The van der Waals surface area contributed by atoms with E-state index in [-0.39, 0.29) is 23.5 Å². The minimum atomic E-state index is -0.357. The number of anilines is 1. The zero-order valence-corrected chi connectivity index (χ0v) is 18.2. The summed E-state index contributed by atoms with van der Waals surface area (Å²) in [6.07, 6.45) is 0.831. The van der Waals surface area contributed by atoms with Crippen LogP contribution in [0.15, 0.2) is 78.9 Å². The second-order valence-corrected chi connectivity index (χ2v) is 9.04. The van der Waals surface area contributed by atoms with Crippen LogP contribution in [0.5, 0.6) is 5.75 Å². The van der Waals surface area contributed by atoms with Crippen molar-refractivity contribution >= 4 is 11.6 Å². The summed E-state index contributed by atoms with van der Waals surface area (Å²) < 4.78 is 5.80. The maximum absolute atomic E-state index is 13.4. The van der Waals surface area contributed by atoms with Crippen molar-refractivity contribution in [1.29, 1.82) is 0 Å². The van der Waals surface area contributed by atoms with Gasteiger partial charge in [-0.3, -0.25) is 4.79 Å². The van der Waals surface area contributed by atoms with Gasteiger partial charge < -0.3 is 9.64 Å². The van der Waals surface area contributed by atoms with Crippen LogP contribution in [0.25, 0.3) is 0 Å². The Kier molecular flexibility index (Phi) is 5.15. The van der Waals surface area contributed by atoms with Gasteiger partial charge in [-0.15, -0.1) is 0 Å². The summed E-state index contributed by atoms with van der Waals surface area (Å²) in [5, 5.41) is 0. The van der Waals surface area contributed by atoms with Crippen molar-refractivity contribution in [2.75, 3.05) is 11.5 Å². The molecule has 1 aliphatic heterocycles. The van der Waals surface area contributed by atoms with Crippen molar-refractivity contribution < 1.29 is 9.53 Å². The summed E-state index contributed by atoms with van der Waals surface area (Å²) >= 11 is 0. The minimum Gasteiger partial charge on any atom is -0.484 e. The second-order valence-electron chi connectivity index (χ2n) is 9.04. The van der Waals surface area contributed by atoms with Crippen LogP contribution in [-0.2, 0) is 10.2 Å². The molecule has 0 N–H and O–H groups in total. The number of hydrogen-bond acceptors (Lipinski definition) is 2. The molecule has 0 bridgehead atoms. The number of amides is 1. The zero-order chi connectivity index (χ0) is 21.4. The van der Waals surface area contributed by atoms with Gasteiger partial charge in [0.25, 0.3) is 5.91 Å². The van der Waals surface area contributed by atoms with Crippen molar-refractivity contribution in [3.63, 3.8) is 0 Å². The number of para-hydroxylation sites is 1. The van der Waals surface area contributed by atoms with E-state index in [2.05, 4.69) is 76.2 Å². The molecule has 0 spiro atoms. The molecule has 154 valence electrons. The van der Waals surface area contributed by atoms with Gasteiger partial charge >= 0.3 is 0 Å². The van der Waals surface area contributed by atoms with Crippen LogP contribution in [0.4, 0.5) is 5.69 Å². The van der Waals surface area contributed by atoms with Crippen LogP contribution in [0.1, 0.15) is 43.9 Å². The van der Waals surface area contributed by atoms with E-state index in [9.17, 15) is 4.79 Å². The summed E-state index contributed by atoms with van der Waals surface area (Å²) in [6.45, 7) is 8.72. The van der Waals surface area contributed by atoms with Gasteiger partial charge in [0.05, 0.1) is 0 Å².